The van der Waals surface area contributed by atoms with Crippen LogP contribution in [-0.4, -0.2) is 113 Å². The first-order valence-electron chi connectivity index (χ1n) is 14.7. The van der Waals surface area contributed by atoms with Crippen molar-refractivity contribution in [3.63, 3.8) is 0 Å². The van der Waals surface area contributed by atoms with Crippen molar-refractivity contribution in [2.75, 3.05) is 42.7 Å². The van der Waals surface area contributed by atoms with Crippen LogP contribution in [0.2, 0.25) is 58.4 Å². The summed E-state index contributed by atoms with van der Waals surface area (Å²) in [7, 11) is -22.0. The van der Waals surface area contributed by atoms with E-state index in [4.69, 9.17) is 59.5 Å². The van der Waals surface area contributed by atoms with Crippen molar-refractivity contribution >= 4 is 70.7 Å². The zero-order valence-corrected chi connectivity index (χ0v) is 38.3. The van der Waals surface area contributed by atoms with E-state index in [0.717, 1.165) is 0 Å². The maximum absolute atomic E-state index is 14.6. The lowest BCUT2D eigenvalue weighted by Crippen LogP contribution is -2.71. The largest absolute Gasteiger partial charge is 0.665 e. The summed E-state index contributed by atoms with van der Waals surface area (Å²) in [6.45, 7) is 13.5. The van der Waals surface area contributed by atoms with Crippen molar-refractivity contribution in [1.29, 1.82) is 0 Å². The van der Waals surface area contributed by atoms with Crippen molar-refractivity contribution in [2.24, 2.45) is 0 Å². The van der Waals surface area contributed by atoms with Crippen LogP contribution < -0.4 is 0 Å². The minimum atomic E-state index is -4.48. The van der Waals surface area contributed by atoms with Crippen LogP contribution >= 0.6 is 0 Å². The normalized spacial score (nSPS) is 27.5. The SMILES string of the molecule is C.C.CO[Si]1(C)O[SiH](O[Si](C)(C)C)O[Si](OC)(OC)O[Si](OC)(OC)O[Si](C)(O[Si](C)(C)CCc2c(F)c(F)c(F)c(F)c2F)O[Si](C)(OC)O1. The van der Waals surface area contributed by atoms with E-state index in [1.54, 1.807) is 19.6 Å². The molecule has 0 aliphatic carbocycles. The van der Waals surface area contributed by atoms with E-state index in [1.807, 2.05) is 19.6 Å². The fourth-order valence-corrected chi connectivity index (χ4v) is 33.1. The van der Waals surface area contributed by atoms with Gasteiger partial charge in [-0.25, -0.2) is 22.0 Å². The molecule has 1 saturated heterocycles. The molecule has 0 N–H and O–H groups in total. The maximum Gasteiger partial charge on any atom is 0.665 e. The van der Waals surface area contributed by atoms with Crippen LogP contribution in [0.3, 0.4) is 0 Å². The molecule has 302 valence electrons. The highest BCUT2D eigenvalue weighted by Gasteiger charge is 2.66. The van der Waals surface area contributed by atoms with Gasteiger partial charge < -0.3 is 59.5 Å². The van der Waals surface area contributed by atoms with Gasteiger partial charge in [0, 0.05) is 67.9 Å². The van der Waals surface area contributed by atoms with Gasteiger partial charge in [-0.2, -0.15) is 0 Å². The van der Waals surface area contributed by atoms with Crippen molar-refractivity contribution < 1.29 is 81.4 Å². The van der Waals surface area contributed by atoms with Crippen LogP contribution in [0.4, 0.5) is 22.0 Å². The molecule has 4 unspecified atom stereocenters. The van der Waals surface area contributed by atoms with E-state index < -0.39 is 112 Å². The molecule has 1 fully saturated rings. The molecule has 0 radical (unpaired) electrons. The van der Waals surface area contributed by atoms with Gasteiger partial charge in [0.2, 0.25) is 5.82 Å². The first kappa shape index (κ1) is 51.0. The minimum Gasteiger partial charge on any atom is -0.419 e. The molecule has 51 heavy (non-hydrogen) atoms. The molecule has 1 heterocycles. The average molecular weight is 887 g/mol. The van der Waals surface area contributed by atoms with Gasteiger partial charge in [-0.3, -0.25) is 0 Å². The van der Waals surface area contributed by atoms with Crippen LogP contribution in [0.1, 0.15) is 20.4 Å². The summed E-state index contributed by atoms with van der Waals surface area (Å²) in [5, 5.41) is 0. The molecule has 0 bridgehead atoms. The minimum absolute atomic E-state index is 0. The molecule has 0 spiro atoms. The Morgan fingerprint density at radius 2 is 0.980 bits per heavy atom. The summed E-state index contributed by atoms with van der Waals surface area (Å²) >= 11 is 0. The Morgan fingerprint density at radius 1 is 0.549 bits per heavy atom. The maximum atomic E-state index is 14.6. The third kappa shape index (κ3) is 13.3. The van der Waals surface area contributed by atoms with Crippen molar-refractivity contribution in [1.82, 2.24) is 0 Å². The molecule has 0 saturated carbocycles. The van der Waals surface area contributed by atoms with Crippen LogP contribution in [0.15, 0.2) is 0 Å². The Kier molecular flexibility index (Phi) is 19.3. The molecule has 14 nitrogen and oxygen atoms in total. The lowest BCUT2D eigenvalue weighted by atomic mass is 10.1. The smallest absolute Gasteiger partial charge is 0.419 e. The summed E-state index contributed by atoms with van der Waals surface area (Å²) in [6.07, 6.45) is -0.568. The second kappa shape index (κ2) is 19.3. The second-order valence-electron chi connectivity index (χ2n) is 12.4. The second-order valence-corrected chi connectivity index (χ2v) is 37.7. The number of halogens is 5. The highest BCUT2D eigenvalue weighted by atomic mass is 28.6. The summed E-state index contributed by atoms with van der Waals surface area (Å²) in [6, 6.07) is -0.158. The molecule has 1 aromatic carbocycles. The van der Waals surface area contributed by atoms with Gasteiger partial charge in [0.1, 0.15) is 0 Å². The van der Waals surface area contributed by atoms with Crippen LogP contribution in [0, 0.1) is 29.1 Å². The molecule has 1 aliphatic heterocycles. The van der Waals surface area contributed by atoms with Crippen LogP contribution in [0.25, 0.3) is 0 Å². The number of rotatable bonds is 13. The first-order chi connectivity index (χ1) is 22.3. The fourth-order valence-electron chi connectivity index (χ4n) is 4.39. The van der Waals surface area contributed by atoms with Gasteiger partial charge in [0.15, 0.2) is 39.9 Å². The topological polar surface area (TPSA) is 129 Å². The Hall–Kier alpha value is 0.0451. The molecule has 2 rings (SSSR count). The van der Waals surface area contributed by atoms with Crippen LogP contribution in [0.5, 0.6) is 0 Å². The highest BCUT2D eigenvalue weighted by Crippen LogP contribution is 2.34. The van der Waals surface area contributed by atoms with E-state index in [9.17, 15) is 22.0 Å². The summed E-state index contributed by atoms with van der Waals surface area (Å²) in [5.74, 6) is -10.2. The Labute approximate surface area is 308 Å². The van der Waals surface area contributed by atoms with Gasteiger partial charge >= 0.3 is 54.0 Å². The number of hydrogen-bond acceptors (Lipinski definition) is 14. The Morgan fingerprint density at radius 3 is 1.39 bits per heavy atom. The summed E-state index contributed by atoms with van der Waals surface area (Å²) < 4.78 is 156. The van der Waals surface area contributed by atoms with Crippen molar-refractivity contribution in [3.05, 3.63) is 34.6 Å². The highest BCUT2D eigenvalue weighted by molar-refractivity contribution is 6.89. The first-order valence-corrected chi connectivity index (χ1v) is 32.6. The molecule has 27 heteroatoms. The molecule has 4 atom stereocenters. The lowest BCUT2D eigenvalue weighted by molar-refractivity contribution is -0.0191. The fraction of sp³-hybridized carbons (Fsp3) is 0.750. The Balaban J connectivity index is 0.0000125. The molecule has 1 aromatic rings. The molecule has 1 aliphatic rings. The summed E-state index contributed by atoms with van der Waals surface area (Å²) in [5.41, 5.74) is -0.986. The van der Waals surface area contributed by atoms with Crippen LogP contribution in [-0.2, 0) is 65.9 Å². The third-order valence-corrected chi connectivity index (χ3v) is 33.8. The van der Waals surface area contributed by atoms with Gasteiger partial charge in [0.05, 0.1) is 0 Å². The average Bonchev–Trinajstić information content (AvgIpc) is 3.00. The third-order valence-electron chi connectivity index (χ3n) is 6.78. The van der Waals surface area contributed by atoms with E-state index >= 15 is 0 Å². The zero-order valence-electron chi connectivity index (χ0n) is 30.1. The van der Waals surface area contributed by atoms with Crippen molar-refractivity contribution in [2.45, 2.75) is 79.7 Å². The molecule has 0 aromatic heterocycles. The van der Waals surface area contributed by atoms with Gasteiger partial charge in [0.25, 0.3) is 0 Å². The monoisotopic (exact) mass is 886 g/mol. The van der Waals surface area contributed by atoms with Crippen molar-refractivity contribution in [3.8, 4) is 0 Å². The molecular formula is C24H55F5O14Si8. The van der Waals surface area contributed by atoms with Gasteiger partial charge in [-0.1, -0.05) is 14.9 Å². The predicted octanol–water partition coefficient (Wildman–Crippen LogP) is 5.56. The van der Waals surface area contributed by atoms with E-state index in [0.29, 0.717) is 0 Å². The quantitative estimate of drug-likeness (QED) is 0.106. The van der Waals surface area contributed by atoms with E-state index in [2.05, 4.69) is 0 Å². The van der Waals surface area contributed by atoms with E-state index in [1.165, 1.54) is 55.8 Å². The molecular weight excluding hydrogens is 832 g/mol. The lowest BCUT2D eigenvalue weighted by Gasteiger charge is -2.45. The Bertz CT molecular complexity index is 1260. The standard InChI is InChI=1S/C22H47F5O14Si8.2CH4/c1-28-45(12)35-42(34-43(7,8)9)36-48(30-3,31-4)41-49(32-5,33-6)40-47(14,39-46(13,29-2)38-45)37-44(10,11)16-15-17-18(23)20(25)22(27)21(26)19(17)24;;/h42H,15-16H2,1-14H3;2*1H4. The number of benzene rings is 1. The van der Waals surface area contributed by atoms with E-state index in [-0.39, 0.29) is 20.9 Å². The zero-order chi connectivity index (χ0) is 37.9. The number of hydrogen-bond donors (Lipinski definition) is 0. The predicted molar refractivity (Wildman–Crippen MR) is 193 cm³/mol. The molecule has 0 amide bonds. The summed E-state index contributed by atoms with van der Waals surface area (Å²) in [4.78, 5) is 0. The van der Waals surface area contributed by atoms with Gasteiger partial charge in [-0.05, 0) is 45.2 Å². The van der Waals surface area contributed by atoms with Gasteiger partial charge in [-0.15, -0.1) is 0 Å².